The molecule has 3 aliphatic rings. The molecule has 0 unspecified atom stereocenters. The number of hydrogen-bond donors (Lipinski definition) is 0. The first-order chi connectivity index (χ1) is 19.5. The van der Waals surface area contributed by atoms with Gasteiger partial charge in [0.2, 0.25) is 0 Å². The fourth-order valence-corrected chi connectivity index (χ4v) is 6.57. The van der Waals surface area contributed by atoms with Crippen LogP contribution in [-0.4, -0.2) is 78.5 Å². The molecule has 224 valence electrons. The Bertz CT molecular complexity index is 1180. The minimum Gasteiger partial charge on any atom is -0.497 e. The Morgan fingerprint density at radius 1 is 1.02 bits per heavy atom. The lowest BCUT2D eigenvalue weighted by molar-refractivity contribution is 0.117. The van der Waals surface area contributed by atoms with Crippen molar-refractivity contribution in [1.29, 1.82) is 0 Å². The van der Waals surface area contributed by atoms with Crippen LogP contribution < -0.4 is 9.47 Å². The minimum atomic E-state index is -0.209. The van der Waals surface area contributed by atoms with Gasteiger partial charge in [0.15, 0.2) is 0 Å². The van der Waals surface area contributed by atoms with Crippen LogP contribution in [0.25, 0.3) is 0 Å². The third-order valence-corrected chi connectivity index (χ3v) is 8.80. The lowest BCUT2D eigenvalue weighted by atomic mass is 9.95. The number of ether oxygens (including phenoxy) is 2. The Balaban J connectivity index is 0.00000387. The van der Waals surface area contributed by atoms with Crippen LogP contribution in [0.1, 0.15) is 76.0 Å². The van der Waals surface area contributed by atoms with Crippen molar-refractivity contribution in [3.8, 4) is 11.5 Å². The van der Waals surface area contributed by atoms with Crippen LogP contribution in [0.15, 0.2) is 47.5 Å². The van der Waals surface area contributed by atoms with Crippen LogP contribution in [0.4, 0.5) is 4.79 Å². The molecule has 3 aliphatic heterocycles. The summed E-state index contributed by atoms with van der Waals surface area (Å²) in [6.45, 7) is 8.57. The van der Waals surface area contributed by atoms with Crippen molar-refractivity contribution in [2.75, 3.05) is 39.9 Å². The maximum Gasteiger partial charge on any atom is 0.326 e. The highest BCUT2D eigenvalue weighted by Gasteiger charge is 2.44. The quantitative estimate of drug-likeness (QED) is 0.304. The van der Waals surface area contributed by atoms with Crippen LogP contribution in [0.2, 0.25) is 5.02 Å². The number of unbranched alkanes of at least 4 members (excludes halogenated alkanes) is 1. The second kappa shape index (κ2) is 14.6. The average Bonchev–Trinajstić information content (AvgIpc) is 3.65. The van der Waals surface area contributed by atoms with Crippen molar-refractivity contribution < 1.29 is 14.3 Å². The predicted octanol–water partition coefficient (Wildman–Crippen LogP) is 7.21. The number of amidine groups is 1. The summed E-state index contributed by atoms with van der Waals surface area (Å²) in [7, 11) is 1.65. The molecule has 0 spiro atoms. The van der Waals surface area contributed by atoms with E-state index in [1.807, 2.05) is 59.2 Å². The van der Waals surface area contributed by atoms with Crippen molar-refractivity contribution in [1.82, 2.24) is 14.7 Å². The van der Waals surface area contributed by atoms with E-state index >= 15 is 0 Å². The van der Waals surface area contributed by atoms with Gasteiger partial charge in [-0.25, -0.2) is 4.79 Å². The Morgan fingerprint density at radius 2 is 1.73 bits per heavy atom. The van der Waals surface area contributed by atoms with E-state index < -0.39 is 0 Å². The number of nitrogens with zero attached hydrogens (tertiary/aromatic N) is 4. The number of piperidine rings is 1. The van der Waals surface area contributed by atoms with Gasteiger partial charge in [0, 0.05) is 30.2 Å². The zero-order valence-corrected chi connectivity index (χ0v) is 26.1. The fraction of sp³-hybridized carbons (Fsp3) is 0.562. The lowest BCUT2D eigenvalue weighted by Crippen LogP contribution is -2.52. The van der Waals surface area contributed by atoms with E-state index in [-0.39, 0.29) is 30.5 Å². The van der Waals surface area contributed by atoms with E-state index in [9.17, 15) is 4.79 Å². The van der Waals surface area contributed by atoms with Gasteiger partial charge in [0.1, 0.15) is 17.3 Å². The molecular weight excluding hydrogens is 559 g/mol. The number of carbonyl (C=O) groups is 1. The highest BCUT2D eigenvalue weighted by atomic mass is 35.5. The first-order valence-electron chi connectivity index (χ1n) is 15.0. The largest absolute Gasteiger partial charge is 0.497 e. The van der Waals surface area contributed by atoms with Gasteiger partial charge in [0.25, 0.3) is 0 Å². The summed E-state index contributed by atoms with van der Waals surface area (Å²) in [4.78, 5) is 26.4. The molecule has 0 radical (unpaired) electrons. The lowest BCUT2D eigenvalue weighted by Gasteiger charge is -2.40. The molecule has 2 aromatic carbocycles. The maximum atomic E-state index is 14.5. The molecule has 2 saturated heterocycles. The maximum absolute atomic E-state index is 14.5. The SMILES string of the molecule is CCCC[C@H]1N=C(c2ccc(OC)cc2OCC)N(C(=O)N2CCC(N3CCCC3)CC2)[C@H]1c1ccc(Cl)cc1.Cl. The Kier molecular flexibility index (Phi) is 11.2. The molecular formula is C32H44Cl2N4O3. The number of carbonyl (C=O) groups excluding carboxylic acids is 1. The smallest absolute Gasteiger partial charge is 0.326 e. The first-order valence-corrected chi connectivity index (χ1v) is 15.4. The summed E-state index contributed by atoms with van der Waals surface area (Å²) >= 11 is 6.29. The van der Waals surface area contributed by atoms with Gasteiger partial charge < -0.3 is 19.3 Å². The van der Waals surface area contributed by atoms with Gasteiger partial charge in [-0.2, -0.15) is 0 Å². The topological polar surface area (TPSA) is 57.6 Å². The number of urea groups is 1. The molecule has 2 aromatic rings. The van der Waals surface area contributed by atoms with Gasteiger partial charge in [0.05, 0.1) is 31.4 Å². The molecule has 5 rings (SSSR count). The van der Waals surface area contributed by atoms with Crippen molar-refractivity contribution in [3.05, 3.63) is 58.6 Å². The van der Waals surface area contributed by atoms with E-state index in [2.05, 4.69) is 11.8 Å². The molecule has 0 aromatic heterocycles. The summed E-state index contributed by atoms with van der Waals surface area (Å²) in [5.41, 5.74) is 1.87. The normalized spacial score (nSPS) is 21.5. The minimum absolute atomic E-state index is 0. The highest BCUT2D eigenvalue weighted by Crippen LogP contribution is 2.40. The van der Waals surface area contributed by atoms with Crippen molar-refractivity contribution >= 4 is 35.9 Å². The van der Waals surface area contributed by atoms with E-state index in [1.54, 1.807) is 7.11 Å². The standard InChI is InChI=1S/C32H43ClN4O3.ClH/c1-4-6-9-28-30(23-10-12-24(33)13-11-23)37(31(34-28)27-15-14-26(39-3)22-29(27)40-5-2)32(38)36-20-16-25(17-21-36)35-18-7-8-19-35;/h10-15,22,25,28,30H,4-9,16-21H2,1-3H3;1H/t28-,30+;/m1./s1. The van der Waals surface area contributed by atoms with Crippen LogP contribution in [0.3, 0.4) is 0 Å². The van der Waals surface area contributed by atoms with Gasteiger partial charge >= 0.3 is 6.03 Å². The fourth-order valence-electron chi connectivity index (χ4n) is 6.44. The molecule has 0 bridgehead atoms. The van der Waals surface area contributed by atoms with Crippen LogP contribution in [-0.2, 0) is 0 Å². The number of hydrogen-bond acceptors (Lipinski definition) is 5. The number of methoxy groups -OCH3 is 1. The Hall–Kier alpha value is -2.48. The van der Waals surface area contributed by atoms with E-state index in [1.165, 1.54) is 25.9 Å². The van der Waals surface area contributed by atoms with Crippen LogP contribution in [0.5, 0.6) is 11.5 Å². The molecule has 0 N–H and O–H groups in total. The summed E-state index contributed by atoms with van der Waals surface area (Å²) in [6.07, 6.45) is 7.62. The molecule has 0 aliphatic carbocycles. The van der Waals surface area contributed by atoms with Gasteiger partial charge in [-0.1, -0.05) is 43.5 Å². The zero-order chi connectivity index (χ0) is 28.1. The second-order valence-corrected chi connectivity index (χ2v) is 11.5. The molecule has 3 heterocycles. The third kappa shape index (κ3) is 6.95. The summed E-state index contributed by atoms with van der Waals surface area (Å²) in [6, 6.07) is 14.0. The Labute approximate surface area is 256 Å². The Morgan fingerprint density at radius 3 is 2.37 bits per heavy atom. The number of aliphatic imine (C=N–C) groups is 1. The molecule has 41 heavy (non-hydrogen) atoms. The number of rotatable bonds is 9. The molecule has 9 heteroatoms. The summed E-state index contributed by atoms with van der Waals surface area (Å²) < 4.78 is 11.6. The highest BCUT2D eigenvalue weighted by molar-refractivity contribution is 6.30. The van der Waals surface area contributed by atoms with Crippen molar-refractivity contribution in [2.24, 2.45) is 4.99 Å². The average molecular weight is 604 g/mol. The van der Waals surface area contributed by atoms with Crippen molar-refractivity contribution in [2.45, 2.75) is 76.9 Å². The summed E-state index contributed by atoms with van der Waals surface area (Å²) in [5, 5.41) is 0.684. The van der Waals surface area contributed by atoms with Crippen LogP contribution in [0, 0.1) is 0 Å². The van der Waals surface area contributed by atoms with Crippen LogP contribution >= 0.6 is 24.0 Å². The van der Waals surface area contributed by atoms with E-state index in [0.717, 1.165) is 56.3 Å². The molecule has 2 atom stereocenters. The number of likely N-dealkylation sites (tertiary alicyclic amines) is 2. The van der Waals surface area contributed by atoms with E-state index in [4.69, 9.17) is 26.1 Å². The van der Waals surface area contributed by atoms with Crippen molar-refractivity contribution in [3.63, 3.8) is 0 Å². The molecule has 7 nitrogen and oxygen atoms in total. The molecule has 0 saturated carbocycles. The summed E-state index contributed by atoms with van der Waals surface area (Å²) in [5.74, 6) is 2.07. The predicted molar refractivity (Wildman–Crippen MR) is 168 cm³/mol. The first kappa shape index (κ1) is 31.5. The second-order valence-electron chi connectivity index (χ2n) is 11.1. The third-order valence-electron chi connectivity index (χ3n) is 8.55. The number of amides is 2. The van der Waals surface area contributed by atoms with Gasteiger partial charge in [-0.05, 0) is 81.9 Å². The van der Waals surface area contributed by atoms with Gasteiger partial charge in [-0.15, -0.1) is 12.4 Å². The molecule has 2 fully saturated rings. The number of halogens is 2. The zero-order valence-electron chi connectivity index (χ0n) is 24.6. The van der Waals surface area contributed by atoms with E-state index in [0.29, 0.717) is 35.0 Å². The number of benzene rings is 2. The monoisotopic (exact) mass is 602 g/mol. The van der Waals surface area contributed by atoms with Gasteiger partial charge in [-0.3, -0.25) is 9.89 Å². The molecule has 2 amide bonds.